The van der Waals surface area contributed by atoms with Crippen molar-refractivity contribution in [1.29, 1.82) is 0 Å². The number of nitrogens with two attached hydrogens (primary N) is 1. The molecule has 4 nitrogen and oxygen atoms in total. The first-order chi connectivity index (χ1) is 7.95. The van der Waals surface area contributed by atoms with E-state index in [4.69, 9.17) is 5.73 Å². The van der Waals surface area contributed by atoms with E-state index in [9.17, 15) is 4.79 Å². The average molecular weight is 241 g/mol. The second-order valence-corrected chi connectivity index (χ2v) is 5.57. The van der Waals surface area contributed by atoms with E-state index >= 15 is 0 Å². The Hall–Kier alpha value is -0.610. The third-order valence-electron chi connectivity index (χ3n) is 3.96. The van der Waals surface area contributed by atoms with E-state index < -0.39 is 5.54 Å². The molecule has 2 atom stereocenters. The second kappa shape index (κ2) is 5.83. The van der Waals surface area contributed by atoms with Crippen molar-refractivity contribution < 1.29 is 4.79 Å². The third kappa shape index (κ3) is 3.19. The smallest absolute Gasteiger partial charge is 0.237 e. The maximum absolute atomic E-state index is 11.6. The molecule has 0 spiro atoms. The molecule has 0 heterocycles. The number of nitrogens with zero attached hydrogens (tertiary/aromatic N) is 1. The topological polar surface area (TPSA) is 58.4 Å². The van der Waals surface area contributed by atoms with Crippen LogP contribution in [0, 0.1) is 5.92 Å². The summed E-state index contributed by atoms with van der Waals surface area (Å²) in [6, 6.07) is 0.488. The molecule has 0 aliphatic heterocycles. The van der Waals surface area contributed by atoms with Crippen LogP contribution in [0.15, 0.2) is 0 Å². The summed E-state index contributed by atoms with van der Waals surface area (Å²) in [7, 11) is 1.84. The van der Waals surface area contributed by atoms with Crippen LogP contribution in [0.25, 0.3) is 0 Å². The Morgan fingerprint density at radius 1 is 1.59 bits per heavy atom. The van der Waals surface area contributed by atoms with Gasteiger partial charge in [-0.05, 0) is 38.8 Å². The van der Waals surface area contributed by atoms with Crippen molar-refractivity contribution in [2.75, 3.05) is 20.1 Å². The molecule has 1 fully saturated rings. The van der Waals surface area contributed by atoms with E-state index in [-0.39, 0.29) is 5.91 Å². The summed E-state index contributed by atoms with van der Waals surface area (Å²) < 4.78 is 0. The van der Waals surface area contributed by atoms with Crippen LogP contribution in [-0.4, -0.2) is 42.5 Å². The number of primary amides is 1. The molecule has 0 radical (unpaired) electrons. The lowest BCUT2D eigenvalue weighted by atomic mass is 9.96. The van der Waals surface area contributed by atoms with E-state index in [0.717, 1.165) is 32.4 Å². The Kier molecular flexibility index (Phi) is 4.95. The lowest BCUT2D eigenvalue weighted by Gasteiger charge is -2.31. The zero-order valence-electron chi connectivity index (χ0n) is 11.6. The normalized spacial score (nSPS) is 29.2. The largest absolute Gasteiger partial charge is 0.368 e. The van der Waals surface area contributed by atoms with Gasteiger partial charge in [0.2, 0.25) is 5.91 Å². The van der Waals surface area contributed by atoms with E-state index in [1.54, 1.807) is 0 Å². The molecule has 1 aliphatic rings. The van der Waals surface area contributed by atoms with Crippen LogP contribution >= 0.6 is 0 Å². The number of carbonyl (C=O) groups excluding carboxylic acids is 1. The summed E-state index contributed by atoms with van der Waals surface area (Å²) in [6.45, 7) is 8.79. The first-order valence-electron chi connectivity index (χ1n) is 6.68. The average Bonchev–Trinajstić information content (AvgIpc) is 2.71. The summed E-state index contributed by atoms with van der Waals surface area (Å²) >= 11 is 0. The van der Waals surface area contributed by atoms with Crippen LogP contribution in [0.1, 0.15) is 40.0 Å². The van der Waals surface area contributed by atoms with Crippen LogP contribution in [-0.2, 0) is 4.79 Å². The molecule has 100 valence electrons. The molecule has 1 rings (SSSR count). The molecule has 1 aliphatic carbocycles. The summed E-state index contributed by atoms with van der Waals surface area (Å²) in [5, 5.41) is 3.14. The van der Waals surface area contributed by atoms with Gasteiger partial charge in [-0.2, -0.15) is 0 Å². The van der Waals surface area contributed by atoms with Crippen LogP contribution < -0.4 is 11.1 Å². The summed E-state index contributed by atoms with van der Waals surface area (Å²) in [5.41, 5.74) is 5.05. The number of rotatable bonds is 6. The molecule has 0 aromatic rings. The molecule has 1 saturated carbocycles. The fraction of sp³-hybridized carbons (Fsp3) is 0.923. The Morgan fingerprint density at radius 2 is 2.24 bits per heavy atom. The summed E-state index contributed by atoms with van der Waals surface area (Å²) in [5.74, 6) is 0.455. The van der Waals surface area contributed by atoms with E-state index in [1.165, 1.54) is 0 Å². The van der Waals surface area contributed by atoms with Crippen molar-refractivity contribution in [3.63, 3.8) is 0 Å². The van der Waals surface area contributed by atoms with Crippen molar-refractivity contribution in [3.05, 3.63) is 0 Å². The molecule has 0 aromatic carbocycles. The monoisotopic (exact) mass is 241 g/mol. The van der Waals surface area contributed by atoms with Crippen LogP contribution in [0.2, 0.25) is 0 Å². The SMILES string of the molecule is CCN(CC(C)C)C1CCC(NC)(C(N)=O)C1. The maximum Gasteiger partial charge on any atom is 0.237 e. The van der Waals surface area contributed by atoms with Gasteiger partial charge in [0, 0.05) is 12.6 Å². The van der Waals surface area contributed by atoms with Gasteiger partial charge in [-0.3, -0.25) is 4.79 Å². The zero-order valence-corrected chi connectivity index (χ0v) is 11.6. The van der Waals surface area contributed by atoms with E-state index in [2.05, 4.69) is 31.0 Å². The molecule has 17 heavy (non-hydrogen) atoms. The van der Waals surface area contributed by atoms with Gasteiger partial charge >= 0.3 is 0 Å². The van der Waals surface area contributed by atoms with E-state index in [1.807, 2.05) is 7.05 Å². The number of carbonyl (C=O) groups is 1. The molecular formula is C13H27N3O. The van der Waals surface area contributed by atoms with Gasteiger partial charge in [0.25, 0.3) is 0 Å². The van der Waals surface area contributed by atoms with Crippen molar-refractivity contribution in [1.82, 2.24) is 10.2 Å². The predicted octanol–water partition coefficient (Wildman–Crippen LogP) is 0.960. The number of nitrogens with one attached hydrogen (secondary N) is 1. The first kappa shape index (κ1) is 14.5. The second-order valence-electron chi connectivity index (χ2n) is 5.57. The van der Waals surface area contributed by atoms with E-state index in [0.29, 0.717) is 12.0 Å². The minimum absolute atomic E-state index is 0.205. The Morgan fingerprint density at radius 3 is 2.59 bits per heavy atom. The number of likely N-dealkylation sites (N-methyl/N-ethyl adjacent to an activating group) is 1. The number of hydrogen-bond donors (Lipinski definition) is 2. The highest BCUT2D eigenvalue weighted by molar-refractivity contribution is 5.85. The van der Waals surface area contributed by atoms with Crippen LogP contribution in [0.4, 0.5) is 0 Å². The predicted molar refractivity (Wildman–Crippen MR) is 70.7 cm³/mol. The van der Waals surface area contributed by atoms with Gasteiger partial charge in [-0.1, -0.05) is 20.8 Å². The highest BCUT2D eigenvalue weighted by Gasteiger charge is 2.44. The van der Waals surface area contributed by atoms with Gasteiger partial charge in [0.15, 0.2) is 0 Å². The van der Waals surface area contributed by atoms with Crippen molar-refractivity contribution in [2.24, 2.45) is 11.7 Å². The lowest BCUT2D eigenvalue weighted by molar-refractivity contribution is -0.124. The van der Waals surface area contributed by atoms with Gasteiger partial charge in [-0.25, -0.2) is 0 Å². The molecule has 2 unspecified atom stereocenters. The fourth-order valence-electron chi connectivity index (χ4n) is 2.91. The Labute approximate surface area is 105 Å². The minimum Gasteiger partial charge on any atom is -0.368 e. The minimum atomic E-state index is -0.477. The highest BCUT2D eigenvalue weighted by atomic mass is 16.1. The number of hydrogen-bond acceptors (Lipinski definition) is 3. The lowest BCUT2D eigenvalue weighted by Crippen LogP contribution is -2.53. The van der Waals surface area contributed by atoms with Gasteiger partial charge in [-0.15, -0.1) is 0 Å². The summed E-state index contributed by atoms with van der Waals surface area (Å²) in [6.07, 6.45) is 2.77. The van der Waals surface area contributed by atoms with Gasteiger partial charge in [0.05, 0.1) is 5.54 Å². The van der Waals surface area contributed by atoms with Crippen LogP contribution in [0.5, 0.6) is 0 Å². The molecular weight excluding hydrogens is 214 g/mol. The molecule has 0 saturated heterocycles. The Bertz CT molecular complexity index is 267. The number of amides is 1. The standard InChI is InChI=1S/C13H27N3O/c1-5-16(9-10(2)3)11-6-7-13(8-11,15-4)12(14)17/h10-11,15H,5-9H2,1-4H3,(H2,14,17). The Balaban J connectivity index is 2.67. The molecule has 0 aromatic heterocycles. The maximum atomic E-state index is 11.6. The molecule has 4 heteroatoms. The summed E-state index contributed by atoms with van der Waals surface area (Å²) in [4.78, 5) is 14.1. The third-order valence-corrected chi connectivity index (χ3v) is 3.96. The van der Waals surface area contributed by atoms with Crippen molar-refractivity contribution in [3.8, 4) is 0 Å². The zero-order chi connectivity index (χ0) is 13.1. The molecule has 1 amide bonds. The molecule has 3 N–H and O–H groups in total. The van der Waals surface area contributed by atoms with Crippen molar-refractivity contribution >= 4 is 5.91 Å². The van der Waals surface area contributed by atoms with Gasteiger partial charge in [0.1, 0.15) is 0 Å². The fourth-order valence-corrected chi connectivity index (χ4v) is 2.91. The quantitative estimate of drug-likeness (QED) is 0.728. The van der Waals surface area contributed by atoms with Gasteiger partial charge < -0.3 is 16.0 Å². The van der Waals surface area contributed by atoms with Crippen molar-refractivity contribution in [2.45, 2.75) is 51.6 Å². The highest BCUT2D eigenvalue weighted by Crippen LogP contribution is 2.33. The molecule has 0 bridgehead atoms. The van der Waals surface area contributed by atoms with Crippen LogP contribution in [0.3, 0.4) is 0 Å². The first-order valence-corrected chi connectivity index (χ1v) is 6.68.